The highest BCUT2D eigenvalue weighted by atomic mass is 79.9. The summed E-state index contributed by atoms with van der Waals surface area (Å²) >= 11 is 3.38. The highest BCUT2D eigenvalue weighted by Crippen LogP contribution is 2.30. The van der Waals surface area contributed by atoms with E-state index in [1.807, 2.05) is 0 Å². The van der Waals surface area contributed by atoms with Crippen LogP contribution in [0.2, 0.25) is 0 Å². The molecule has 0 radical (unpaired) electrons. The second-order valence-corrected chi connectivity index (χ2v) is 5.84. The molecule has 0 spiro atoms. The molecule has 2 rings (SSSR count). The predicted octanol–water partition coefficient (Wildman–Crippen LogP) is 1.93. The zero-order valence-corrected chi connectivity index (χ0v) is 13.3. The topological polar surface area (TPSA) is 47.7 Å². The van der Waals surface area contributed by atoms with Crippen molar-refractivity contribution in [3.05, 3.63) is 34.1 Å². The Kier molecular flexibility index (Phi) is 5.51. The van der Waals surface area contributed by atoms with Crippen LogP contribution in [-0.4, -0.2) is 51.0 Å². The number of hydrogen-bond acceptors (Lipinski definition) is 4. The molecule has 1 aliphatic heterocycles. The lowest BCUT2D eigenvalue weighted by atomic mass is 10.1. The quantitative estimate of drug-likeness (QED) is 0.884. The molecule has 1 saturated heterocycles. The summed E-state index contributed by atoms with van der Waals surface area (Å²) in [6.45, 7) is 1.71. The molecule has 3 atom stereocenters. The molecule has 1 heterocycles. The molecule has 4 nitrogen and oxygen atoms in total. The van der Waals surface area contributed by atoms with E-state index in [4.69, 9.17) is 15.2 Å². The average Bonchev–Trinajstić information content (AvgIpc) is 2.86. The third kappa shape index (κ3) is 3.20. The summed E-state index contributed by atoms with van der Waals surface area (Å²) in [7, 11) is 3.33. The van der Waals surface area contributed by atoms with Crippen molar-refractivity contribution in [1.82, 2.24) is 4.90 Å². The van der Waals surface area contributed by atoms with Gasteiger partial charge in [-0.25, -0.2) is 4.39 Å². The van der Waals surface area contributed by atoms with Gasteiger partial charge >= 0.3 is 0 Å². The minimum atomic E-state index is -0.238. The molecule has 0 bridgehead atoms. The molecule has 6 heteroatoms. The van der Waals surface area contributed by atoms with Gasteiger partial charge < -0.3 is 15.2 Å². The summed E-state index contributed by atoms with van der Waals surface area (Å²) in [6, 6.07) is 4.76. The number of halogens is 2. The van der Waals surface area contributed by atoms with E-state index in [0.717, 1.165) is 4.47 Å². The minimum Gasteiger partial charge on any atom is -0.377 e. The molecule has 1 fully saturated rings. The normalized spacial score (nSPS) is 25.1. The maximum Gasteiger partial charge on any atom is 0.128 e. The van der Waals surface area contributed by atoms with Gasteiger partial charge in [0.05, 0.1) is 18.2 Å². The van der Waals surface area contributed by atoms with Crippen molar-refractivity contribution < 1.29 is 13.9 Å². The van der Waals surface area contributed by atoms with Crippen molar-refractivity contribution in [3.8, 4) is 0 Å². The number of rotatable bonds is 5. The van der Waals surface area contributed by atoms with Gasteiger partial charge in [0.1, 0.15) is 5.82 Å². The number of hydrogen-bond donors (Lipinski definition) is 1. The van der Waals surface area contributed by atoms with Crippen molar-refractivity contribution in [2.75, 3.05) is 33.9 Å². The highest BCUT2D eigenvalue weighted by Gasteiger charge is 2.37. The molecule has 0 saturated carbocycles. The number of likely N-dealkylation sites (tertiary alicyclic amines) is 1. The van der Waals surface area contributed by atoms with Crippen LogP contribution >= 0.6 is 15.9 Å². The molecule has 0 aromatic heterocycles. The van der Waals surface area contributed by atoms with Crippen LogP contribution in [-0.2, 0) is 9.47 Å². The molecule has 1 aromatic rings. The fourth-order valence-corrected chi connectivity index (χ4v) is 3.10. The molecule has 1 aromatic carbocycles. The fraction of sp³-hybridized carbons (Fsp3) is 0.571. The van der Waals surface area contributed by atoms with Crippen LogP contribution in [0, 0.1) is 5.82 Å². The van der Waals surface area contributed by atoms with Crippen LogP contribution in [0.5, 0.6) is 0 Å². The SMILES string of the molecule is COC1CN(C(CN)c2cc(Br)ccc2F)CC1OC. The van der Waals surface area contributed by atoms with Crippen LogP contribution in [0.15, 0.2) is 22.7 Å². The van der Waals surface area contributed by atoms with E-state index in [0.29, 0.717) is 25.2 Å². The van der Waals surface area contributed by atoms with E-state index in [1.165, 1.54) is 6.07 Å². The van der Waals surface area contributed by atoms with Crippen LogP contribution in [0.4, 0.5) is 4.39 Å². The molecule has 2 N–H and O–H groups in total. The standard InChI is InChI=1S/C14H20BrFN2O2/c1-19-13-7-18(8-14(13)20-2)12(6-17)10-5-9(15)3-4-11(10)16/h3-5,12-14H,6-8,17H2,1-2H3. The molecule has 3 unspecified atom stereocenters. The lowest BCUT2D eigenvalue weighted by Crippen LogP contribution is -2.33. The first-order valence-electron chi connectivity index (χ1n) is 6.55. The Balaban J connectivity index is 2.23. The van der Waals surface area contributed by atoms with Crippen molar-refractivity contribution in [3.63, 3.8) is 0 Å². The van der Waals surface area contributed by atoms with Crippen LogP contribution in [0.1, 0.15) is 11.6 Å². The monoisotopic (exact) mass is 346 g/mol. The number of ether oxygens (including phenoxy) is 2. The Bertz CT molecular complexity index is 449. The summed E-state index contributed by atoms with van der Waals surface area (Å²) < 4.78 is 25.7. The van der Waals surface area contributed by atoms with Crippen LogP contribution in [0.3, 0.4) is 0 Å². The third-order valence-electron chi connectivity index (χ3n) is 3.83. The molecule has 1 aliphatic rings. The van der Waals surface area contributed by atoms with Gasteiger partial charge in [0.25, 0.3) is 0 Å². The van der Waals surface area contributed by atoms with Gasteiger partial charge in [0.2, 0.25) is 0 Å². The second-order valence-electron chi connectivity index (χ2n) is 4.92. The van der Waals surface area contributed by atoms with Gasteiger partial charge in [-0.05, 0) is 18.2 Å². The van der Waals surface area contributed by atoms with Gasteiger partial charge in [0.15, 0.2) is 0 Å². The van der Waals surface area contributed by atoms with Crippen LogP contribution < -0.4 is 5.73 Å². The van der Waals surface area contributed by atoms with E-state index < -0.39 is 0 Å². The van der Waals surface area contributed by atoms with E-state index in [1.54, 1.807) is 26.4 Å². The summed E-state index contributed by atoms with van der Waals surface area (Å²) in [5.74, 6) is -0.238. The van der Waals surface area contributed by atoms with Crippen molar-refractivity contribution in [2.24, 2.45) is 5.73 Å². The zero-order valence-electron chi connectivity index (χ0n) is 11.7. The van der Waals surface area contributed by atoms with Crippen molar-refractivity contribution in [2.45, 2.75) is 18.2 Å². The van der Waals surface area contributed by atoms with E-state index >= 15 is 0 Å². The number of benzene rings is 1. The molecular weight excluding hydrogens is 327 g/mol. The van der Waals surface area contributed by atoms with Crippen molar-refractivity contribution in [1.29, 1.82) is 0 Å². The second kappa shape index (κ2) is 6.95. The summed E-state index contributed by atoms with van der Waals surface area (Å²) in [4.78, 5) is 2.12. The number of methoxy groups -OCH3 is 2. The predicted molar refractivity (Wildman–Crippen MR) is 79.1 cm³/mol. The van der Waals surface area contributed by atoms with E-state index in [2.05, 4.69) is 20.8 Å². The average molecular weight is 347 g/mol. The van der Waals surface area contributed by atoms with Gasteiger partial charge in [-0.15, -0.1) is 0 Å². The molecule has 0 amide bonds. The third-order valence-corrected chi connectivity index (χ3v) is 4.32. The van der Waals surface area contributed by atoms with Gasteiger partial charge in [-0.2, -0.15) is 0 Å². The Morgan fingerprint density at radius 1 is 1.35 bits per heavy atom. The fourth-order valence-electron chi connectivity index (χ4n) is 2.72. The molecular formula is C14H20BrFN2O2. The Morgan fingerprint density at radius 3 is 2.45 bits per heavy atom. The van der Waals surface area contributed by atoms with Gasteiger partial charge in [0, 0.05) is 43.9 Å². The summed E-state index contributed by atoms with van der Waals surface area (Å²) in [6.07, 6.45) is -0.0199. The molecule has 112 valence electrons. The molecule has 0 aliphatic carbocycles. The largest absolute Gasteiger partial charge is 0.377 e. The Hall–Kier alpha value is -0.530. The van der Waals surface area contributed by atoms with E-state index in [9.17, 15) is 4.39 Å². The van der Waals surface area contributed by atoms with E-state index in [-0.39, 0.29) is 24.1 Å². The van der Waals surface area contributed by atoms with Gasteiger partial charge in [-0.3, -0.25) is 4.90 Å². The maximum atomic E-state index is 14.1. The first-order valence-corrected chi connectivity index (χ1v) is 7.34. The lowest BCUT2D eigenvalue weighted by molar-refractivity contribution is -0.00461. The maximum absolute atomic E-state index is 14.1. The minimum absolute atomic E-state index is 0.00994. The van der Waals surface area contributed by atoms with Crippen LogP contribution in [0.25, 0.3) is 0 Å². The first kappa shape index (κ1) is 15.9. The Labute approximate surface area is 127 Å². The smallest absolute Gasteiger partial charge is 0.128 e. The van der Waals surface area contributed by atoms with Gasteiger partial charge in [-0.1, -0.05) is 15.9 Å². The number of nitrogens with zero attached hydrogens (tertiary/aromatic N) is 1. The lowest BCUT2D eigenvalue weighted by Gasteiger charge is -2.27. The molecule has 20 heavy (non-hydrogen) atoms. The summed E-state index contributed by atoms with van der Waals surface area (Å²) in [5.41, 5.74) is 6.48. The summed E-state index contributed by atoms with van der Waals surface area (Å²) in [5, 5.41) is 0. The first-order chi connectivity index (χ1) is 9.60. The Morgan fingerprint density at radius 2 is 1.95 bits per heavy atom. The number of nitrogens with two attached hydrogens (primary N) is 1. The zero-order chi connectivity index (χ0) is 14.7. The van der Waals surface area contributed by atoms with Crippen molar-refractivity contribution >= 4 is 15.9 Å². The highest BCUT2D eigenvalue weighted by molar-refractivity contribution is 9.10.